The summed E-state index contributed by atoms with van der Waals surface area (Å²) in [7, 11) is 0. The number of aromatic nitrogens is 2. The van der Waals surface area contributed by atoms with Crippen molar-refractivity contribution in [3.8, 4) is 12.3 Å². The van der Waals surface area contributed by atoms with Gasteiger partial charge < -0.3 is 0 Å². The second-order valence-electron chi connectivity index (χ2n) is 2.90. The van der Waals surface area contributed by atoms with Crippen molar-refractivity contribution in [3.05, 3.63) is 40.8 Å². The molecule has 0 aliphatic carbocycles. The fraction of sp³-hybridized carbons (Fsp3) is 0.0909. The van der Waals surface area contributed by atoms with Crippen LogP contribution in [0.15, 0.2) is 35.3 Å². The Morgan fingerprint density at radius 3 is 3.00 bits per heavy atom. The topological polar surface area (TPSA) is 34.9 Å². The van der Waals surface area contributed by atoms with Gasteiger partial charge in [-0.1, -0.05) is 24.1 Å². The zero-order valence-electron chi connectivity index (χ0n) is 7.47. The van der Waals surface area contributed by atoms with Gasteiger partial charge in [0.2, 0.25) is 0 Å². The molecule has 3 nitrogen and oxygen atoms in total. The molecule has 0 saturated heterocycles. The smallest absolute Gasteiger partial charge is 0.267 e. The van der Waals surface area contributed by atoms with Crippen LogP contribution in [-0.2, 0) is 6.54 Å². The minimum atomic E-state index is -0.138. The largest absolute Gasteiger partial charge is 0.275 e. The lowest BCUT2D eigenvalue weighted by Crippen LogP contribution is -2.21. The van der Waals surface area contributed by atoms with E-state index in [0.29, 0.717) is 5.39 Å². The summed E-state index contributed by atoms with van der Waals surface area (Å²) in [6.07, 6.45) is 6.77. The third kappa shape index (κ3) is 1.27. The molecule has 14 heavy (non-hydrogen) atoms. The molecule has 2 rings (SSSR count). The molecule has 0 fully saturated rings. The molecule has 68 valence electrons. The van der Waals surface area contributed by atoms with E-state index >= 15 is 0 Å². The van der Waals surface area contributed by atoms with E-state index in [1.54, 1.807) is 12.3 Å². The first-order valence-electron chi connectivity index (χ1n) is 4.21. The maximum absolute atomic E-state index is 11.7. The molecular formula is C11H8N2O. The van der Waals surface area contributed by atoms with Crippen LogP contribution in [0.4, 0.5) is 0 Å². The van der Waals surface area contributed by atoms with Crippen LogP contribution in [0.25, 0.3) is 10.8 Å². The van der Waals surface area contributed by atoms with E-state index in [-0.39, 0.29) is 12.1 Å². The standard InChI is InChI=1S/C11H8N2O/c1-2-7-13-11(14)10-6-4-3-5-9(10)8-12-13/h1,3-6,8H,7H2. The number of benzene rings is 1. The quantitative estimate of drug-likeness (QED) is 0.620. The van der Waals surface area contributed by atoms with Crippen molar-refractivity contribution in [1.29, 1.82) is 0 Å². The fourth-order valence-electron chi connectivity index (χ4n) is 1.33. The van der Waals surface area contributed by atoms with Gasteiger partial charge in [0, 0.05) is 5.39 Å². The normalized spacial score (nSPS) is 9.93. The van der Waals surface area contributed by atoms with Gasteiger partial charge in [-0.05, 0) is 6.07 Å². The highest BCUT2D eigenvalue weighted by molar-refractivity contribution is 5.80. The maximum atomic E-state index is 11.7. The fourth-order valence-corrected chi connectivity index (χ4v) is 1.33. The molecule has 0 amide bonds. The highest BCUT2D eigenvalue weighted by Crippen LogP contribution is 2.05. The van der Waals surface area contributed by atoms with E-state index < -0.39 is 0 Å². The minimum absolute atomic E-state index is 0.138. The maximum Gasteiger partial charge on any atom is 0.275 e. The van der Waals surface area contributed by atoms with Crippen LogP contribution in [0.5, 0.6) is 0 Å². The lowest BCUT2D eigenvalue weighted by Gasteiger charge is -2.00. The summed E-state index contributed by atoms with van der Waals surface area (Å²) in [5, 5.41) is 5.45. The van der Waals surface area contributed by atoms with Crippen molar-refractivity contribution in [2.45, 2.75) is 6.54 Å². The van der Waals surface area contributed by atoms with Gasteiger partial charge in [0.05, 0.1) is 11.6 Å². The van der Waals surface area contributed by atoms with Gasteiger partial charge >= 0.3 is 0 Å². The van der Waals surface area contributed by atoms with Crippen LogP contribution in [-0.4, -0.2) is 9.78 Å². The van der Waals surface area contributed by atoms with Gasteiger partial charge in [0.1, 0.15) is 6.54 Å². The van der Waals surface area contributed by atoms with Crippen molar-refractivity contribution < 1.29 is 0 Å². The second-order valence-corrected chi connectivity index (χ2v) is 2.90. The zero-order chi connectivity index (χ0) is 9.97. The molecule has 0 saturated carbocycles. The van der Waals surface area contributed by atoms with Crippen LogP contribution in [0.1, 0.15) is 0 Å². The van der Waals surface area contributed by atoms with Crippen LogP contribution >= 0.6 is 0 Å². The van der Waals surface area contributed by atoms with Gasteiger partial charge in [0.15, 0.2) is 0 Å². The van der Waals surface area contributed by atoms with Crippen molar-refractivity contribution >= 4 is 10.8 Å². The lowest BCUT2D eigenvalue weighted by molar-refractivity contribution is 0.672. The minimum Gasteiger partial charge on any atom is -0.267 e. The van der Waals surface area contributed by atoms with Crippen molar-refractivity contribution in [3.63, 3.8) is 0 Å². The highest BCUT2D eigenvalue weighted by Gasteiger charge is 2.00. The van der Waals surface area contributed by atoms with Crippen molar-refractivity contribution in [2.75, 3.05) is 0 Å². The molecule has 2 aromatic rings. The van der Waals surface area contributed by atoms with Gasteiger partial charge in [-0.25, -0.2) is 4.68 Å². The van der Waals surface area contributed by atoms with Gasteiger partial charge in [-0.2, -0.15) is 5.10 Å². The lowest BCUT2D eigenvalue weighted by atomic mass is 10.2. The first-order chi connectivity index (χ1) is 6.83. The van der Waals surface area contributed by atoms with E-state index in [1.165, 1.54) is 4.68 Å². The molecule has 1 heterocycles. The van der Waals surface area contributed by atoms with E-state index in [4.69, 9.17) is 6.42 Å². The Morgan fingerprint density at radius 2 is 2.21 bits per heavy atom. The zero-order valence-corrected chi connectivity index (χ0v) is 7.47. The number of fused-ring (bicyclic) bond motifs is 1. The number of hydrogen-bond acceptors (Lipinski definition) is 2. The summed E-state index contributed by atoms with van der Waals surface area (Å²) >= 11 is 0. The number of terminal acetylenes is 1. The summed E-state index contributed by atoms with van der Waals surface area (Å²) in [5.74, 6) is 2.39. The Hall–Kier alpha value is -2.08. The first kappa shape index (κ1) is 8.52. The Kier molecular flexibility index (Phi) is 2.04. The van der Waals surface area contributed by atoms with Gasteiger partial charge in [-0.15, -0.1) is 6.42 Å². The second kappa shape index (κ2) is 3.35. The molecule has 0 aliphatic rings. The molecule has 0 unspecified atom stereocenters. The first-order valence-corrected chi connectivity index (χ1v) is 4.21. The van der Waals surface area contributed by atoms with E-state index in [9.17, 15) is 4.79 Å². The summed E-state index contributed by atoms with van der Waals surface area (Å²) < 4.78 is 1.28. The van der Waals surface area contributed by atoms with E-state index in [0.717, 1.165) is 5.39 Å². The Bertz CT molecular complexity index is 563. The third-order valence-corrected chi connectivity index (χ3v) is 2.00. The third-order valence-electron chi connectivity index (χ3n) is 2.00. The molecule has 1 aromatic carbocycles. The van der Waals surface area contributed by atoms with Crippen LogP contribution in [0.3, 0.4) is 0 Å². The summed E-state index contributed by atoms with van der Waals surface area (Å²) in [6, 6.07) is 7.31. The van der Waals surface area contributed by atoms with Crippen LogP contribution in [0, 0.1) is 12.3 Å². The summed E-state index contributed by atoms with van der Waals surface area (Å²) in [6.45, 7) is 0.212. The number of hydrogen-bond donors (Lipinski definition) is 0. The van der Waals surface area contributed by atoms with Gasteiger partial charge in [-0.3, -0.25) is 4.79 Å². The molecule has 0 aliphatic heterocycles. The Balaban J connectivity index is 2.77. The summed E-state index contributed by atoms with van der Waals surface area (Å²) in [5.41, 5.74) is -0.138. The van der Waals surface area contributed by atoms with E-state index in [2.05, 4.69) is 11.0 Å². The Morgan fingerprint density at radius 1 is 1.43 bits per heavy atom. The van der Waals surface area contributed by atoms with Crippen LogP contribution < -0.4 is 5.56 Å². The molecule has 0 atom stereocenters. The molecular weight excluding hydrogens is 176 g/mol. The SMILES string of the molecule is C#CCn1ncc2ccccc2c1=O. The van der Waals surface area contributed by atoms with Crippen molar-refractivity contribution in [2.24, 2.45) is 0 Å². The Labute approximate surface area is 81.0 Å². The predicted octanol–water partition coefficient (Wildman–Crippen LogP) is 1.03. The molecule has 1 aromatic heterocycles. The van der Waals surface area contributed by atoms with Crippen molar-refractivity contribution in [1.82, 2.24) is 9.78 Å². The number of nitrogens with zero attached hydrogens (tertiary/aromatic N) is 2. The van der Waals surface area contributed by atoms with E-state index in [1.807, 2.05) is 18.2 Å². The predicted molar refractivity (Wildman–Crippen MR) is 54.8 cm³/mol. The van der Waals surface area contributed by atoms with Crippen LogP contribution in [0.2, 0.25) is 0 Å². The molecule has 0 N–H and O–H groups in total. The molecule has 0 bridgehead atoms. The number of rotatable bonds is 1. The van der Waals surface area contributed by atoms with Gasteiger partial charge in [0.25, 0.3) is 5.56 Å². The molecule has 0 spiro atoms. The average molecular weight is 184 g/mol. The highest BCUT2D eigenvalue weighted by atomic mass is 16.1. The molecule has 0 radical (unpaired) electrons. The average Bonchev–Trinajstić information content (AvgIpc) is 2.23. The summed E-state index contributed by atoms with van der Waals surface area (Å²) in [4.78, 5) is 11.7. The monoisotopic (exact) mass is 184 g/mol. The molecule has 3 heteroatoms.